The Labute approximate surface area is 463 Å². The van der Waals surface area contributed by atoms with Crippen molar-refractivity contribution in [1.29, 1.82) is 0 Å². The van der Waals surface area contributed by atoms with Gasteiger partial charge >= 0.3 is 27.3 Å². The summed E-state index contributed by atoms with van der Waals surface area (Å²) >= 11 is 0. The number of imidazole rings is 1. The fourth-order valence-corrected chi connectivity index (χ4v) is 13.2. The van der Waals surface area contributed by atoms with Crippen molar-refractivity contribution >= 4 is 67.9 Å². The van der Waals surface area contributed by atoms with Gasteiger partial charge in [0.1, 0.15) is 19.7 Å². The number of aliphatic carboxylic acids is 1. The molecular weight excluding hydrogens is 1060 g/mol. The summed E-state index contributed by atoms with van der Waals surface area (Å²) in [6.07, 6.45) is 1.15. The standard InChI is InChI=1S/C54H82N10O13P2/c1-51(2,3)74-78(71,75-52(4,5)6)31-23-42(65)55-25-17-27-57-47-46-48(62-49(61-47)58-28-18-26-56-43(66)24-32-79(72,76-53(7,8)9)77-54(10,11)12)64(36-60-46)33-44(67)63(34-45(68)69)30-29-59-50(70)73-35-41-39-21-15-13-19-37(39)38-20-14-16-22-40(38)41/h13-16,19-22,36,41H,17-18,23-35H2,1-12H3,(H,55,65)(H,56,66)(H,59,70)(H,68,69)(H2,57,58,61,62). The summed E-state index contributed by atoms with van der Waals surface area (Å²) in [4.78, 5) is 79.6. The lowest BCUT2D eigenvalue weighted by Crippen LogP contribution is -2.42. The maximum atomic E-state index is 13.9. The van der Waals surface area contributed by atoms with Crippen LogP contribution in [-0.2, 0) is 57.7 Å². The molecule has 0 atom stereocenters. The summed E-state index contributed by atoms with van der Waals surface area (Å²) < 4.78 is 57.6. The third-order valence-corrected chi connectivity index (χ3v) is 16.1. The van der Waals surface area contributed by atoms with Crippen molar-refractivity contribution in [2.24, 2.45) is 0 Å². The van der Waals surface area contributed by atoms with E-state index in [2.05, 4.69) is 41.5 Å². The van der Waals surface area contributed by atoms with Crippen molar-refractivity contribution in [3.05, 3.63) is 66.0 Å². The van der Waals surface area contributed by atoms with E-state index in [1.807, 2.05) is 48.5 Å². The summed E-state index contributed by atoms with van der Waals surface area (Å²) in [5, 5.41) is 24.5. The maximum Gasteiger partial charge on any atom is 0.407 e. The van der Waals surface area contributed by atoms with Crippen molar-refractivity contribution in [3.63, 3.8) is 0 Å². The van der Waals surface area contributed by atoms with Gasteiger partial charge in [-0.15, -0.1) is 0 Å². The van der Waals surface area contributed by atoms with Crippen LogP contribution in [-0.4, -0.2) is 146 Å². The van der Waals surface area contributed by atoms with Crippen LogP contribution >= 0.6 is 15.2 Å². The number of nitrogens with zero attached hydrogens (tertiary/aromatic N) is 5. The van der Waals surface area contributed by atoms with E-state index in [1.165, 1.54) is 10.9 Å². The van der Waals surface area contributed by atoms with Gasteiger partial charge in [0, 0.05) is 58.0 Å². The van der Waals surface area contributed by atoms with Gasteiger partial charge in [-0.25, -0.2) is 9.78 Å². The molecule has 23 nitrogen and oxygen atoms in total. The Morgan fingerprint density at radius 1 is 0.646 bits per heavy atom. The third-order valence-electron chi connectivity index (χ3n) is 11.2. The van der Waals surface area contributed by atoms with Crippen LogP contribution in [0.2, 0.25) is 0 Å². The monoisotopic (exact) mass is 1140 g/mol. The molecule has 0 spiro atoms. The van der Waals surface area contributed by atoms with E-state index in [0.29, 0.717) is 37.3 Å². The van der Waals surface area contributed by atoms with Gasteiger partial charge < -0.3 is 64.0 Å². The number of carbonyl (C=O) groups is 5. The zero-order valence-corrected chi connectivity index (χ0v) is 49.6. The quantitative estimate of drug-likeness (QED) is 0.0219. The number of carbonyl (C=O) groups excluding carboxylic acids is 4. The molecule has 6 N–H and O–H groups in total. The normalized spacial score (nSPS) is 13.1. The lowest BCUT2D eigenvalue weighted by atomic mass is 9.98. The minimum absolute atomic E-state index is 0.0781. The van der Waals surface area contributed by atoms with Gasteiger partial charge in [0.2, 0.25) is 23.7 Å². The highest BCUT2D eigenvalue weighted by Gasteiger charge is 2.37. The molecule has 79 heavy (non-hydrogen) atoms. The zero-order chi connectivity index (χ0) is 58.4. The second-order valence-corrected chi connectivity index (χ2v) is 27.2. The fraction of sp³-hybridized carbons (Fsp3) is 0.593. The SMILES string of the molecule is CC(C)(C)OP(=O)(CCC(=O)NCCCNc1nc(NCCCNC(=O)CCP(=O)(OC(C)(C)C)OC(C)(C)C)c2ncn(CC(=O)N(CCNC(=O)OCC3c4ccccc4-c4ccccc43)CC(=O)O)c2n1)OC(C)(C)C. The van der Waals surface area contributed by atoms with Crippen LogP contribution < -0.4 is 26.6 Å². The van der Waals surface area contributed by atoms with E-state index in [0.717, 1.165) is 27.2 Å². The van der Waals surface area contributed by atoms with E-state index >= 15 is 0 Å². The maximum absolute atomic E-state index is 13.9. The number of aromatic nitrogens is 4. The number of carboxylic acids is 1. The number of nitrogens with one attached hydrogen (secondary N) is 5. The second kappa shape index (κ2) is 27.5. The van der Waals surface area contributed by atoms with Crippen LogP contribution in [0.4, 0.5) is 16.6 Å². The van der Waals surface area contributed by atoms with Crippen LogP contribution in [0.1, 0.15) is 126 Å². The number of ether oxygens (including phenoxy) is 1. The summed E-state index contributed by atoms with van der Waals surface area (Å²) in [6.45, 7) is 21.1. The average molecular weight is 1140 g/mol. The van der Waals surface area contributed by atoms with E-state index in [4.69, 9.17) is 22.8 Å². The number of amides is 4. The Morgan fingerprint density at radius 3 is 1.61 bits per heavy atom. The number of fused-ring (bicyclic) bond motifs is 4. The lowest BCUT2D eigenvalue weighted by Gasteiger charge is -2.32. The molecule has 0 radical (unpaired) electrons. The molecule has 1 aliphatic rings. The molecule has 25 heteroatoms. The molecular formula is C54H82N10O13P2. The molecule has 0 bridgehead atoms. The molecule has 1 aliphatic carbocycles. The van der Waals surface area contributed by atoms with Crippen LogP contribution in [0.15, 0.2) is 54.9 Å². The van der Waals surface area contributed by atoms with E-state index in [9.17, 15) is 38.2 Å². The third kappa shape index (κ3) is 21.6. The Balaban J connectivity index is 1.21. The summed E-state index contributed by atoms with van der Waals surface area (Å²) in [5.41, 5.74) is 1.76. The Bertz CT molecular complexity index is 2770. The molecule has 0 unspecified atom stereocenters. The molecule has 0 saturated heterocycles. The van der Waals surface area contributed by atoms with Crippen LogP contribution in [0.3, 0.4) is 0 Å². The second-order valence-electron chi connectivity index (χ2n) is 23.1. The molecule has 436 valence electrons. The van der Waals surface area contributed by atoms with Crippen LogP contribution in [0.25, 0.3) is 22.3 Å². The van der Waals surface area contributed by atoms with Crippen LogP contribution in [0.5, 0.6) is 0 Å². The van der Waals surface area contributed by atoms with Crippen LogP contribution in [0, 0.1) is 0 Å². The molecule has 5 rings (SSSR count). The van der Waals surface area contributed by atoms with Crippen molar-refractivity contribution in [2.45, 2.75) is 144 Å². The highest BCUT2D eigenvalue weighted by Crippen LogP contribution is 2.56. The number of anilines is 2. The topological polar surface area (TPSA) is 293 Å². The van der Waals surface area contributed by atoms with E-state index in [-0.39, 0.29) is 93.8 Å². The first-order valence-corrected chi connectivity index (χ1v) is 30.1. The number of rotatable bonds is 29. The van der Waals surface area contributed by atoms with Gasteiger partial charge in [-0.3, -0.25) is 28.3 Å². The largest absolute Gasteiger partial charge is 0.480 e. The average Bonchev–Trinajstić information content (AvgIpc) is 4.00. The predicted molar refractivity (Wildman–Crippen MR) is 302 cm³/mol. The molecule has 0 fully saturated rings. The Kier molecular flexibility index (Phi) is 22.2. The number of carboxylic acid groups (broad SMARTS) is 1. The number of benzene rings is 2. The highest BCUT2D eigenvalue weighted by atomic mass is 31.2. The number of hydrogen-bond donors (Lipinski definition) is 6. The van der Waals surface area contributed by atoms with Gasteiger partial charge in [0.25, 0.3) is 0 Å². The van der Waals surface area contributed by atoms with Gasteiger partial charge in [0.15, 0.2) is 17.0 Å². The van der Waals surface area contributed by atoms with Crippen molar-refractivity contribution < 1.29 is 61.0 Å². The predicted octanol–water partition coefficient (Wildman–Crippen LogP) is 8.54. The molecule has 2 aromatic heterocycles. The van der Waals surface area contributed by atoms with Gasteiger partial charge in [-0.1, -0.05) is 48.5 Å². The Morgan fingerprint density at radius 2 is 1.13 bits per heavy atom. The summed E-state index contributed by atoms with van der Waals surface area (Å²) in [6, 6.07) is 15.9. The number of alkyl carbamates (subject to hydrolysis) is 1. The molecule has 4 aromatic rings. The summed E-state index contributed by atoms with van der Waals surface area (Å²) in [5.74, 6) is -2.23. The van der Waals surface area contributed by atoms with Crippen molar-refractivity contribution in [2.75, 3.05) is 75.4 Å². The highest BCUT2D eigenvalue weighted by molar-refractivity contribution is 7.54. The smallest absolute Gasteiger partial charge is 0.407 e. The van der Waals surface area contributed by atoms with Gasteiger partial charge in [-0.05, 0) is 118 Å². The van der Waals surface area contributed by atoms with E-state index in [1.54, 1.807) is 83.1 Å². The summed E-state index contributed by atoms with van der Waals surface area (Å²) in [7, 11) is -7.25. The molecule has 0 aliphatic heterocycles. The molecule has 0 saturated carbocycles. The Hall–Kier alpha value is -5.96. The van der Waals surface area contributed by atoms with Gasteiger partial charge in [0.05, 0.1) is 41.1 Å². The molecule has 2 heterocycles. The minimum atomic E-state index is -3.62. The van der Waals surface area contributed by atoms with Crippen molar-refractivity contribution in [1.82, 2.24) is 40.4 Å². The first-order chi connectivity index (χ1) is 36.8. The fourth-order valence-electron chi connectivity index (χ4n) is 8.49. The molecule has 2 aromatic carbocycles. The minimum Gasteiger partial charge on any atom is -0.480 e. The number of hydrogen-bond acceptors (Lipinski definition) is 17. The van der Waals surface area contributed by atoms with Crippen molar-refractivity contribution in [3.8, 4) is 11.1 Å². The molecule has 4 amide bonds. The van der Waals surface area contributed by atoms with Gasteiger partial charge in [-0.2, -0.15) is 9.97 Å². The first-order valence-electron chi connectivity index (χ1n) is 26.6. The zero-order valence-electron chi connectivity index (χ0n) is 47.9. The van der Waals surface area contributed by atoms with E-state index < -0.39 is 62.1 Å². The first kappa shape index (κ1) is 63.9. The lowest BCUT2D eigenvalue weighted by molar-refractivity contribution is -0.144.